The van der Waals surface area contributed by atoms with Gasteiger partial charge in [-0.05, 0) is 18.6 Å². The molecule has 1 aromatic carbocycles. The van der Waals surface area contributed by atoms with E-state index in [0.717, 1.165) is 6.07 Å². The first kappa shape index (κ1) is 14.1. The van der Waals surface area contributed by atoms with Gasteiger partial charge >= 0.3 is 0 Å². The number of rotatable bonds is 5. The van der Waals surface area contributed by atoms with E-state index in [9.17, 15) is 14.0 Å². The van der Waals surface area contributed by atoms with Crippen LogP contribution in [-0.4, -0.2) is 21.3 Å². The topological polar surface area (TPSA) is 52.0 Å². The van der Waals surface area contributed by atoms with Gasteiger partial charge in [0.2, 0.25) is 0 Å². The molecule has 20 heavy (non-hydrogen) atoms. The Bertz CT molecular complexity index is 662. The highest BCUT2D eigenvalue weighted by Crippen LogP contribution is 2.13. The lowest BCUT2D eigenvalue weighted by molar-refractivity contribution is 0.0893. The average molecular weight is 274 g/mol. The molecule has 0 saturated heterocycles. The van der Waals surface area contributed by atoms with Crippen LogP contribution in [0.15, 0.2) is 30.5 Å². The molecule has 0 aliphatic heterocycles. The van der Waals surface area contributed by atoms with E-state index in [1.165, 1.54) is 18.2 Å². The third-order valence-corrected chi connectivity index (χ3v) is 3.01. The Labute approximate surface area is 116 Å². The summed E-state index contributed by atoms with van der Waals surface area (Å²) in [7, 11) is 1.73. The van der Waals surface area contributed by atoms with Gasteiger partial charge in [-0.1, -0.05) is 19.1 Å². The first-order chi connectivity index (χ1) is 9.51. The predicted octanol–water partition coefficient (Wildman–Crippen LogP) is 2.58. The monoisotopic (exact) mass is 274 g/mol. The molecule has 104 valence electrons. The van der Waals surface area contributed by atoms with E-state index in [0.29, 0.717) is 17.7 Å². The second kappa shape index (κ2) is 5.77. The predicted molar refractivity (Wildman–Crippen MR) is 72.3 cm³/mol. The van der Waals surface area contributed by atoms with E-state index in [4.69, 9.17) is 0 Å². The van der Waals surface area contributed by atoms with E-state index in [1.54, 1.807) is 17.9 Å². The van der Waals surface area contributed by atoms with E-state index in [2.05, 4.69) is 5.10 Å². The molecule has 0 bridgehead atoms. The molecular formula is C15H15FN2O2. The minimum atomic E-state index is -0.487. The van der Waals surface area contributed by atoms with Gasteiger partial charge in [-0.3, -0.25) is 14.3 Å². The summed E-state index contributed by atoms with van der Waals surface area (Å²) in [6, 6.07) is 5.35. The molecule has 5 heteroatoms. The van der Waals surface area contributed by atoms with Crippen LogP contribution in [0.4, 0.5) is 4.39 Å². The van der Waals surface area contributed by atoms with Crippen molar-refractivity contribution in [1.29, 1.82) is 0 Å². The third kappa shape index (κ3) is 2.99. The van der Waals surface area contributed by atoms with E-state index < -0.39 is 5.82 Å². The summed E-state index contributed by atoms with van der Waals surface area (Å²) in [4.78, 5) is 24.1. The molecule has 0 unspecified atom stereocenters. The van der Waals surface area contributed by atoms with Crippen molar-refractivity contribution in [3.63, 3.8) is 0 Å². The van der Waals surface area contributed by atoms with Crippen LogP contribution < -0.4 is 0 Å². The highest BCUT2D eigenvalue weighted by molar-refractivity contribution is 6.13. The molecule has 2 aromatic rings. The number of aryl methyl sites for hydroxylation is 2. The Morgan fingerprint density at radius 3 is 2.70 bits per heavy atom. The summed E-state index contributed by atoms with van der Waals surface area (Å²) >= 11 is 0. The van der Waals surface area contributed by atoms with Crippen molar-refractivity contribution in [2.24, 2.45) is 7.05 Å². The van der Waals surface area contributed by atoms with Gasteiger partial charge in [0.05, 0.1) is 17.7 Å². The Morgan fingerprint density at radius 2 is 2.05 bits per heavy atom. The number of aromatic nitrogens is 2. The van der Waals surface area contributed by atoms with Gasteiger partial charge in [-0.2, -0.15) is 5.10 Å². The normalized spacial score (nSPS) is 10.6. The fraction of sp³-hybridized carbons (Fsp3) is 0.267. The summed E-state index contributed by atoms with van der Waals surface area (Å²) in [6.45, 7) is 1.90. The van der Waals surface area contributed by atoms with Crippen molar-refractivity contribution in [3.05, 3.63) is 53.1 Å². The highest BCUT2D eigenvalue weighted by Gasteiger charge is 2.18. The minimum absolute atomic E-state index is 0.209. The molecular weight excluding hydrogens is 259 g/mol. The summed E-state index contributed by atoms with van der Waals surface area (Å²) in [5, 5.41) is 4.17. The number of halogens is 1. The molecule has 0 atom stereocenters. The van der Waals surface area contributed by atoms with E-state index >= 15 is 0 Å². The van der Waals surface area contributed by atoms with Crippen LogP contribution in [0, 0.1) is 5.82 Å². The number of carbonyl (C=O) groups excluding carboxylic acids is 2. The second-order valence-electron chi connectivity index (χ2n) is 4.55. The summed E-state index contributed by atoms with van der Waals surface area (Å²) in [5.41, 5.74) is 1.34. The van der Waals surface area contributed by atoms with Crippen LogP contribution in [0.1, 0.15) is 39.8 Å². The van der Waals surface area contributed by atoms with Gasteiger partial charge < -0.3 is 0 Å². The Balaban J connectivity index is 2.17. The van der Waals surface area contributed by atoms with Crippen LogP contribution in [-0.2, 0) is 13.5 Å². The third-order valence-electron chi connectivity index (χ3n) is 3.01. The largest absolute Gasteiger partial charge is 0.294 e. The van der Waals surface area contributed by atoms with Crippen LogP contribution >= 0.6 is 0 Å². The average Bonchev–Trinajstić information content (AvgIpc) is 2.80. The number of nitrogens with zero attached hydrogens (tertiary/aromatic N) is 2. The molecule has 2 rings (SSSR count). The number of hydrogen-bond acceptors (Lipinski definition) is 3. The zero-order valence-corrected chi connectivity index (χ0v) is 11.4. The van der Waals surface area contributed by atoms with Crippen molar-refractivity contribution in [2.75, 3.05) is 0 Å². The number of benzene rings is 1. The molecule has 0 aliphatic carbocycles. The van der Waals surface area contributed by atoms with Gasteiger partial charge in [0.15, 0.2) is 11.6 Å². The highest BCUT2D eigenvalue weighted by atomic mass is 19.1. The Kier molecular flexibility index (Phi) is 4.08. The molecule has 4 nitrogen and oxygen atoms in total. The maximum atomic E-state index is 13.1. The first-order valence-corrected chi connectivity index (χ1v) is 6.35. The smallest absolute Gasteiger partial charge is 0.174 e. The molecule has 1 aromatic heterocycles. The van der Waals surface area contributed by atoms with Gasteiger partial charge in [0.1, 0.15) is 5.82 Å². The lowest BCUT2D eigenvalue weighted by Gasteiger charge is -2.01. The Hall–Kier alpha value is -2.30. The number of carbonyl (C=O) groups is 2. The standard InChI is InChI=1S/C15H15FN2O2/c1-3-13-12(9-18(2)17-13)15(20)8-14(19)10-5-4-6-11(16)7-10/h4-7,9H,3,8H2,1-2H3. The lowest BCUT2D eigenvalue weighted by atomic mass is 10.0. The summed E-state index contributed by atoms with van der Waals surface area (Å²) in [6.07, 6.45) is 1.96. The van der Waals surface area contributed by atoms with Crippen LogP contribution in [0.5, 0.6) is 0 Å². The molecule has 0 saturated carbocycles. The van der Waals surface area contributed by atoms with E-state index in [-0.39, 0.29) is 23.6 Å². The van der Waals surface area contributed by atoms with E-state index in [1.807, 2.05) is 6.92 Å². The van der Waals surface area contributed by atoms with Crippen LogP contribution in [0.2, 0.25) is 0 Å². The molecule has 0 spiro atoms. The molecule has 0 N–H and O–H groups in total. The SMILES string of the molecule is CCc1nn(C)cc1C(=O)CC(=O)c1cccc(F)c1. The van der Waals surface area contributed by atoms with Crippen molar-refractivity contribution in [1.82, 2.24) is 9.78 Å². The van der Waals surface area contributed by atoms with Crippen molar-refractivity contribution >= 4 is 11.6 Å². The summed E-state index contributed by atoms with van der Waals surface area (Å²) < 4.78 is 14.6. The maximum Gasteiger partial charge on any atom is 0.174 e. The maximum absolute atomic E-state index is 13.1. The van der Waals surface area contributed by atoms with Crippen LogP contribution in [0.25, 0.3) is 0 Å². The fourth-order valence-corrected chi connectivity index (χ4v) is 2.03. The molecule has 0 radical (unpaired) electrons. The summed E-state index contributed by atoms with van der Waals surface area (Å²) in [5.74, 6) is -1.16. The van der Waals surface area contributed by atoms with Crippen molar-refractivity contribution in [2.45, 2.75) is 19.8 Å². The Morgan fingerprint density at radius 1 is 1.30 bits per heavy atom. The quantitative estimate of drug-likeness (QED) is 0.622. The van der Waals surface area contributed by atoms with Gasteiger partial charge in [-0.25, -0.2) is 4.39 Å². The fourth-order valence-electron chi connectivity index (χ4n) is 2.03. The molecule has 0 aliphatic rings. The zero-order chi connectivity index (χ0) is 14.7. The first-order valence-electron chi connectivity index (χ1n) is 6.35. The second-order valence-corrected chi connectivity index (χ2v) is 4.55. The number of Topliss-reactive ketones (excluding diaryl/α,β-unsaturated/α-hetero) is 2. The number of ketones is 2. The van der Waals surface area contributed by atoms with Crippen LogP contribution in [0.3, 0.4) is 0 Å². The molecule has 0 amide bonds. The number of hydrogen-bond donors (Lipinski definition) is 0. The van der Waals surface area contributed by atoms with Crippen molar-refractivity contribution in [3.8, 4) is 0 Å². The molecule has 0 fully saturated rings. The lowest BCUT2D eigenvalue weighted by Crippen LogP contribution is -2.10. The van der Waals surface area contributed by atoms with Crippen molar-refractivity contribution < 1.29 is 14.0 Å². The minimum Gasteiger partial charge on any atom is -0.294 e. The molecule has 1 heterocycles. The van der Waals surface area contributed by atoms with Gasteiger partial charge in [0.25, 0.3) is 0 Å². The van der Waals surface area contributed by atoms with Gasteiger partial charge in [-0.15, -0.1) is 0 Å². The zero-order valence-electron chi connectivity index (χ0n) is 11.4. The van der Waals surface area contributed by atoms with Gasteiger partial charge in [0, 0.05) is 18.8 Å².